The van der Waals surface area contributed by atoms with Crippen LogP contribution in [0.5, 0.6) is 0 Å². The van der Waals surface area contributed by atoms with Crippen LogP contribution in [0, 0.1) is 6.26 Å². The monoisotopic (exact) mass is 185 g/mol. The first-order valence-corrected chi connectivity index (χ1v) is 4.96. The molecule has 65 valence electrons. The average molecular weight is 185 g/mol. The van der Waals surface area contributed by atoms with Gasteiger partial charge in [-0.2, -0.15) is 0 Å². The molecule has 0 aliphatic carbocycles. The molecular weight excluding hydrogens is 176 g/mol. The smallest absolute Gasteiger partial charge is 0.213 e. The summed E-state index contributed by atoms with van der Waals surface area (Å²) >= 11 is 0. The second kappa shape index (κ2) is 3.64. The lowest BCUT2D eigenvalue weighted by Gasteiger charge is -1.99. The first-order chi connectivity index (χ1) is 5.58. The van der Waals surface area contributed by atoms with Gasteiger partial charge in [-0.1, -0.05) is 6.07 Å². The summed E-state index contributed by atoms with van der Waals surface area (Å²) in [7, 11) is -3.36. The van der Waals surface area contributed by atoms with Crippen molar-refractivity contribution in [3.05, 3.63) is 36.3 Å². The van der Waals surface area contributed by atoms with Crippen LogP contribution in [0.15, 0.2) is 24.4 Å². The molecule has 12 heavy (non-hydrogen) atoms. The molecule has 1 radical (unpaired) electrons. The van der Waals surface area contributed by atoms with Gasteiger partial charge in [-0.15, -0.1) is 0 Å². The SMILES string of the molecule is [CH2]S(=O)(=O)NCc1ccccn1. The minimum absolute atomic E-state index is 0.187. The van der Waals surface area contributed by atoms with Gasteiger partial charge in [0, 0.05) is 6.20 Å². The number of aromatic nitrogens is 1. The van der Waals surface area contributed by atoms with E-state index in [-0.39, 0.29) is 6.54 Å². The molecule has 0 unspecified atom stereocenters. The molecule has 1 rings (SSSR count). The van der Waals surface area contributed by atoms with Crippen LogP contribution in [0.3, 0.4) is 0 Å². The minimum atomic E-state index is -3.36. The van der Waals surface area contributed by atoms with Crippen molar-refractivity contribution in [3.8, 4) is 0 Å². The molecule has 0 aliphatic heterocycles. The summed E-state index contributed by atoms with van der Waals surface area (Å²) < 4.78 is 23.3. The van der Waals surface area contributed by atoms with Crippen LogP contribution in [0.1, 0.15) is 5.69 Å². The molecule has 0 saturated carbocycles. The zero-order valence-electron chi connectivity index (χ0n) is 6.40. The number of pyridine rings is 1. The molecule has 4 nitrogen and oxygen atoms in total. The van der Waals surface area contributed by atoms with E-state index < -0.39 is 10.0 Å². The van der Waals surface area contributed by atoms with Gasteiger partial charge in [0.25, 0.3) is 0 Å². The molecule has 1 aromatic rings. The largest absolute Gasteiger partial charge is 0.260 e. The lowest BCUT2D eigenvalue weighted by molar-refractivity contribution is 0.589. The topological polar surface area (TPSA) is 59.1 Å². The van der Waals surface area contributed by atoms with Gasteiger partial charge < -0.3 is 0 Å². The van der Waals surface area contributed by atoms with E-state index in [1.807, 2.05) is 0 Å². The maximum absolute atomic E-state index is 10.6. The third-order valence-corrected chi connectivity index (χ3v) is 1.78. The molecule has 0 aliphatic rings. The summed E-state index contributed by atoms with van der Waals surface area (Å²) in [5.74, 6) is 0. The molecule has 0 saturated heterocycles. The van der Waals surface area contributed by atoms with Crippen molar-refractivity contribution in [1.82, 2.24) is 9.71 Å². The molecule has 0 atom stereocenters. The second-order valence-electron chi connectivity index (χ2n) is 2.26. The number of nitrogens with zero attached hydrogens (tertiary/aromatic N) is 1. The standard InChI is InChI=1S/C7H9N2O2S/c1-12(10,11)9-6-7-4-2-3-5-8-7/h2-5,9H,1,6H2. The van der Waals surface area contributed by atoms with Crippen molar-refractivity contribution >= 4 is 10.0 Å². The fourth-order valence-corrected chi connectivity index (χ4v) is 1.05. The Morgan fingerprint density at radius 1 is 1.50 bits per heavy atom. The summed E-state index contributed by atoms with van der Waals surface area (Å²) in [5.41, 5.74) is 0.671. The van der Waals surface area contributed by atoms with Gasteiger partial charge in [0.2, 0.25) is 10.0 Å². The van der Waals surface area contributed by atoms with E-state index in [9.17, 15) is 8.42 Å². The Kier molecular flexibility index (Phi) is 2.78. The molecule has 0 spiro atoms. The first kappa shape index (κ1) is 9.15. The lowest BCUT2D eigenvalue weighted by atomic mass is 10.4. The Bertz CT molecular complexity index is 334. The fraction of sp³-hybridized carbons (Fsp3) is 0.143. The van der Waals surface area contributed by atoms with E-state index in [2.05, 4.69) is 16.0 Å². The highest BCUT2D eigenvalue weighted by Crippen LogP contribution is 1.92. The Morgan fingerprint density at radius 3 is 2.75 bits per heavy atom. The van der Waals surface area contributed by atoms with E-state index in [1.54, 1.807) is 24.4 Å². The van der Waals surface area contributed by atoms with E-state index >= 15 is 0 Å². The number of hydrogen-bond acceptors (Lipinski definition) is 3. The summed E-state index contributed by atoms with van der Waals surface area (Å²) in [5, 5.41) is 0. The van der Waals surface area contributed by atoms with Crippen molar-refractivity contribution in [2.24, 2.45) is 0 Å². The third-order valence-electron chi connectivity index (χ3n) is 1.20. The zero-order valence-corrected chi connectivity index (χ0v) is 7.21. The van der Waals surface area contributed by atoms with Crippen LogP contribution >= 0.6 is 0 Å². The van der Waals surface area contributed by atoms with E-state index in [1.165, 1.54) is 0 Å². The van der Waals surface area contributed by atoms with Crippen LogP contribution in [-0.4, -0.2) is 13.4 Å². The second-order valence-corrected chi connectivity index (χ2v) is 3.78. The van der Waals surface area contributed by atoms with Crippen molar-refractivity contribution in [1.29, 1.82) is 0 Å². The highest BCUT2D eigenvalue weighted by atomic mass is 32.2. The summed E-state index contributed by atoms with van der Waals surface area (Å²) in [4.78, 5) is 3.93. The number of sulfonamides is 1. The number of hydrogen-bond donors (Lipinski definition) is 1. The normalized spacial score (nSPS) is 11.4. The number of rotatable bonds is 3. The fourth-order valence-electron chi connectivity index (χ4n) is 0.687. The van der Waals surface area contributed by atoms with Crippen LogP contribution in [0.2, 0.25) is 0 Å². The van der Waals surface area contributed by atoms with Gasteiger partial charge in [-0.3, -0.25) is 4.98 Å². The van der Waals surface area contributed by atoms with Gasteiger partial charge in [-0.05, 0) is 12.1 Å². The molecule has 0 aromatic carbocycles. The molecule has 1 heterocycles. The Morgan fingerprint density at radius 2 is 2.25 bits per heavy atom. The van der Waals surface area contributed by atoms with E-state index in [0.29, 0.717) is 5.69 Å². The minimum Gasteiger partial charge on any atom is -0.260 e. The van der Waals surface area contributed by atoms with Crippen LogP contribution in [-0.2, 0) is 16.6 Å². The maximum Gasteiger partial charge on any atom is 0.213 e. The average Bonchev–Trinajstić information content (AvgIpc) is 2.02. The summed E-state index contributed by atoms with van der Waals surface area (Å²) in [6, 6.07) is 5.29. The third kappa shape index (κ3) is 3.45. The highest BCUT2D eigenvalue weighted by Gasteiger charge is 2.00. The van der Waals surface area contributed by atoms with Crippen LogP contribution in [0.25, 0.3) is 0 Å². The van der Waals surface area contributed by atoms with Gasteiger partial charge in [-0.25, -0.2) is 13.1 Å². The first-order valence-electron chi connectivity index (χ1n) is 3.30. The van der Waals surface area contributed by atoms with Gasteiger partial charge in [0.15, 0.2) is 0 Å². The molecular formula is C7H9N2O2S. The van der Waals surface area contributed by atoms with E-state index in [0.717, 1.165) is 0 Å². The maximum atomic E-state index is 10.6. The Hall–Kier alpha value is -0.940. The van der Waals surface area contributed by atoms with Crippen molar-refractivity contribution in [2.45, 2.75) is 6.54 Å². The summed E-state index contributed by atoms with van der Waals surface area (Å²) in [6.07, 6.45) is 4.52. The molecule has 1 aromatic heterocycles. The Balaban J connectivity index is 2.56. The lowest BCUT2D eigenvalue weighted by Crippen LogP contribution is -2.20. The van der Waals surface area contributed by atoms with Crippen LogP contribution < -0.4 is 4.72 Å². The van der Waals surface area contributed by atoms with Crippen molar-refractivity contribution < 1.29 is 8.42 Å². The zero-order chi connectivity index (χ0) is 9.03. The molecule has 1 N–H and O–H groups in total. The van der Waals surface area contributed by atoms with Gasteiger partial charge in [0.05, 0.1) is 18.5 Å². The number of nitrogens with one attached hydrogen (secondary N) is 1. The molecule has 0 bridgehead atoms. The van der Waals surface area contributed by atoms with Gasteiger partial charge >= 0.3 is 0 Å². The van der Waals surface area contributed by atoms with Gasteiger partial charge in [0.1, 0.15) is 0 Å². The molecule has 0 fully saturated rings. The Labute approximate surface area is 71.7 Å². The van der Waals surface area contributed by atoms with Crippen molar-refractivity contribution in [3.63, 3.8) is 0 Å². The van der Waals surface area contributed by atoms with Crippen LogP contribution in [0.4, 0.5) is 0 Å². The molecule has 5 heteroatoms. The quantitative estimate of drug-likeness (QED) is 0.736. The molecule has 0 amide bonds. The predicted octanol–water partition coefficient (Wildman–Crippen LogP) is 0.293. The van der Waals surface area contributed by atoms with Crippen molar-refractivity contribution in [2.75, 3.05) is 0 Å². The predicted molar refractivity (Wildman–Crippen MR) is 45.4 cm³/mol. The van der Waals surface area contributed by atoms with E-state index in [4.69, 9.17) is 0 Å². The summed E-state index contributed by atoms with van der Waals surface area (Å²) in [6.45, 7) is 0.187. The highest BCUT2D eigenvalue weighted by molar-refractivity contribution is 7.90.